The van der Waals surface area contributed by atoms with Crippen LogP contribution in [0.15, 0.2) is 48.9 Å². The molecule has 2 saturated heterocycles. The number of hydrogen-bond donors (Lipinski definition) is 0. The van der Waals surface area contributed by atoms with E-state index in [9.17, 15) is 10.1 Å². The van der Waals surface area contributed by atoms with E-state index < -0.39 is 0 Å². The first-order chi connectivity index (χ1) is 14.7. The van der Waals surface area contributed by atoms with E-state index in [0.717, 1.165) is 24.2 Å². The summed E-state index contributed by atoms with van der Waals surface area (Å²) in [6.07, 6.45) is 6.92. The Balaban J connectivity index is 1.43. The van der Waals surface area contributed by atoms with Gasteiger partial charge in [-0.25, -0.2) is 4.98 Å². The van der Waals surface area contributed by atoms with Crippen LogP contribution in [0.25, 0.3) is 5.69 Å². The summed E-state index contributed by atoms with van der Waals surface area (Å²) in [5, 5.41) is 17.7. The summed E-state index contributed by atoms with van der Waals surface area (Å²) in [5.41, 5.74) is 2.84. The van der Waals surface area contributed by atoms with Crippen molar-refractivity contribution in [2.75, 3.05) is 18.0 Å². The quantitative estimate of drug-likeness (QED) is 0.671. The zero-order valence-corrected chi connectivity index (χ0v) is 16.6. The highest BCUT2D eigenvalue weighted by Gasteiger charge is 2.43. The van der Waals surface area contributed by atoms with Gasteiger partial charge in [0, 0.05) is 36.9 Å². The van der Waals surface area contributed by atoms with Crippen molar-refractivity contribution in [2.24, 2.45) is 0 Å². The Bertz CT molecular complexity index is 1120. The zero-order chi connectivity index (χ0) is 20.7. The lowest BCUT2D eigenvalue weighted by Crippen LogP contribution is -2.56. The average Bonchev–Trinajstić information content (AvgIpc) is 3.39. The number of amides is 1. The monoisotopic (exact) mass is 399 g/mol. The van der Waals surface area contributed by atoms with E-state index in [1.165, 1.54) is 4.80 Å². The van der Waals surface area contributed by atoms with Crippen LogP contribution in [0, 0.1) is 18.3 Å². The molecule has 0 spiro atoms. The molecule has 0 radical (unpaired) electrons. The van der Waals surface area contributed by atoms with Gasteiger partial charge >= 0.3 is 0 Å². The molecule has 2 atom stereocenters. The second kappa shape index (κ2) is 7.26. The lowest BCUT2D eigenvalue weighted by Gasteiger charge is -2.42. The van der Waals surface area contributed by atoms with E-state index in [0.29, 0.717) is 29.9 Å². The molecular weight excluding hydrogens is 378 g/mol. The first-order valence-electron chi connectivity index (χ1n) is 10.1. The third kappa shape index (κ3) is 2.90. The summed E-state index contributed by atoms with van der Waals surface area (Å²) in [7, 11) is 0. The number of benzene rings is 1. The van der Waals surface area contributed by atoms with Crippen LogP contribution in [0.5, 0.6) is 0 Å². The van der Waals surface area contributed by atoms with Gasteiger partial charge in [0.15, 0.2) is 0 Å². The molecule has 2 unspecified atom stereocenters. The molecule has 2 aromatic heterocycles. The first-order valence-corrected chi connectivity index (χ1v) is 10.1. The van der Waals surface area contributed by atoms with Crippen molar-refractivity contribution in [3.63, 3.8) is 0 Å². The Morgan fingerprint density at radius 1 is 1.07 bits per heavy atom. The summed E-state index contributed by atoms with van der Waals surface area (Å²) in [6, 6.07) is 11.8. The summed E-state index contributed by atoms with van der Waals surface area (Å²) in [6.45, 7) is 3.22. The summed E-state index contributed by atoms with van der Waals surface area (Å²) >= 11 is 0. The molecule has 1 amide bonds. The highest BCUT2D eigenvalue weighted by molar-refractivity contribution is 5.98. The molecule has 150 valence electrons. The molecule has 0 aliphatic carbocycles. The van der Waals surface area contributed by atoms with Crippen molar-refractivity contribution in [3.8, 4) is 11.8 Å². The number of carbonyl (C=O) groups is 1. The number of anilines is 1. The van der Waals surface area contributed by atoms with Crippen molar-refractivity contribution in [2.45, 2.75) is 31.8 Å². The maximum atomic E-state index is 13.4. The number of nitriles is 1. The van der Waals surface area contributed by atoms with E-state index in [1.807, 2.05) is 36.1 Å². The standard InChI is InChI=1S/C22H21N7O/c1-15-16(12-23)8-9-24-21(15)28-17-6-7-18(28)14-27(13-17)22(30)19-4-2-3-5-20(19)29-25-10-11-26-29/h2-5,8-11,17-18H,6-7,13-14H2,1H3. The number of nitrogens with zero attached hydrogens (tertiary/aromatic N) is 7. The Morgan fingerprint density at radius 3 is 2.47 bits per heavy atom. The van der Waals surface area contributed by atoms with Gasteiger partial charge in [0.1, 0.15) is 5.82 Å². The molecule has 30 heavy (non-hydrogen) atoms. The van der Waals surface area contributed by atoms with Gasteiger partial charge in [0.2, 0.25) is 0 Å². The van der Waals surface area contributed by atoms with Crippen LogP contribution < -0.4 is 4.90 Å². The molecule has 5 rings (SSSR count). The van der Waals surface area contributed by atoms with Gasteiger partial charge in [0.25, 0.3) is 5.91 Å². The zero-order valence-electron chi connectivity index (χ0n) is 16.6. The number of hydrogen-bond acceptors (Lipinski definition) is 6. The Kier molecular flexibility index (Phi) is 4.43. The van der Waals surface area contributed by atoms with Gasteiger partial charge in [-0.1, -0.05) is 12.1 Å². The number of rotatable bonds is 3. The average molecular weight is 399 g/mol. The minimum absolute atomic E-state index is 0.00472. The molecule has 8 heteroatoms. The van der Waals surface area contributed by atoms with Crippen LogP contribution >= 0.6 is 0 Å². The van der Waals surface area contributed by atoms with Crippen molar-refractivity contribution >= 4 is 11.7 Å². The number of piperazine rings is 1. The molecule has 2 aliphatic rings. The number of aromatic nitrogens is 4. The maximum absolute atomic E-state index is 13.4. The second-order valence-electron chi connectivity index (χ2n) is 7.76. The van der Waals surface area contributed by atoms with E-state index in [1.54, 1.807) is 24.7 Å². The number of likely N-dealkylation sites (tertiary alicyclic amines) is 1. The molecule has 8 nitrogen and oxygen atoms in total. The van der Waals surface area contributed by atoms with Gasteiger partial charge in [-0.3, -0.25) is 4.79 Å². The molecule has 2 bridgehead atoms. The minimum Gasteiger partial charge on any atom is -0.347 e. The van der Waals surface area contributed by atoms with E-state index in [4.69, 9.17) is 0 Å². The van der Waals surface area contributed by atoms with E-state index >= 15 is 0 Å². The lowest BCUT2D eigenvalue weighted by atomic mass is 10.1. The predicted molar refractivity (Wildman–Crippen MR) is 110 cm³/mol. The second-order valence-corrected chi connectivity index (χ2v) is 7.76. The van der Waals surface area contributed by atoms with Crippen LogP contribution in [0.3, 0.4) is 0 Å². The third-order valence-corrected chi connectivity index (χ3v) is 6.08. The normalized spacial score (nSPS) is 20.3. The minimum atomic E-state index is -0.00472. The molecule has 0 saturated carbocycles. The molecule has 2 aliphatic heterocycles. The molecular formula is C22H21N7O. The summed E-state index contributed by atoms with van der Waals surface area (Å²) in [4.78, 5) is 23.7. The number of fused-ring (bicyclic) bond motifs is 2. The van der Waals surface area contributed by atoms with Gasteiger partial charge in [0.05, 0.1) is 35.3 Å². The third-order valence-electron chi connectivity index (χ3n) is 6.08. The van der Waals surface area contributed by atoms with Gasteiger partial charge in [-0.05, 0) is 38.0 Å². The van der Waals surface area contributed by atoms with E-state index in [2.05, 4.69) is 26.2 Å². The smallest absolute Gasteiger partial charge is 0.256 e. The topological polar surface area (TPSA) is 90.9 Å². The molecule has 3 aromatic rings. The van der Waals surface area contributed by atoms with Crippen LogP contribution in [-0.4, -0.2) is 56.0 Å². The van der Waals surface area contributed by atoms with Crippen LogP contribution in [-0.2, 0) is 0 Å². The molecule has 4 heterocycles. The van der Waals surface area contributed by atoms with Crippen molar-refractivity contribution in [1.29, 1.82) is 5.26 Å². The number of para-hydroxylation sites is 1. The number of carbonyl (C=O) groups excluding carboxylic acids is 1. The van der Waals surface area contributed by atoms with Gasteiger partial charge < -0.3 is 9.80 Å². The van der Waals surface area contributed by atoms with E-state index in [-0.39, 0.29) is 18.0 Å². The van der Waals surface area contributed by atoms with Gasteiger partial charge in [-0.2, -0.15) is 20.3 Å². The number of pyridine rings is 1. The molecule has 0 N–H and O–H groups in total. The molecule has 1 aromatic carbocycles. The first kappa shape index (κ1) is 18.3. The largest absolute Gasteiger partial charge is 0.347 e. The molecule has 2 fully saturated rings. The maximum Gasteiger partial charge on any atom is 0.256 e. The highest BCUT2D eigenvalue weighted by atomic mass is 16.2. The summed E-state index contributed by atoms with van der Waals surface area (Å²) in [5.74, 6) is 0.865. The van der Waals surface area contributed by atoms with Crippen molar-refractivity contribution < 1.29 is 4.79 Å². The fraction of sp³-hybridized carbons (Fsp3) is 0.318. The van der Waals surface area contributed by atoms with Crippen molar-refractivity contribution in [3.05, 3.63) is 65.6 Å². The SMILES string of the molecule is Cc1c(C#N)ccnc1N1C2CCC1CN(C(=O)c1ccccc1-n1nccn1)C2. The van der Waals surface area contributed by atoms with Gasteiger partial charge in [-0.15, -0.1) is 0 Å². The highest BCUT2D eigenvalue weighted by Crippen LogP contribution is 2.36. The lowest BCUT2D eigenvalue weighted by molar-refractivity contribution is 0.0717. The predicted octanol–water partition coefficient (Wildman–Crippen LogP) is 2.34. The fourth-order valence-corrected chi connectivity index (χ4v) is 4.66. The van der Waals surface area contributed by atoms with Crippen LogP contribution in [0.4, 0.5) is 5.82 Å². The van der Waals surface area contributed by atoms with Crippen molar-refractivity contribution in [1.82, 2.24) is 24.9 Å². The Hall–Kier alpha value is -3.73. The Labute approximate surface area is 174 Å². The van der Waals surface area contributed by atoms with Crippen LogP contribution in [0.1, 0.15) is 34.3 Å². The fourth-order valence-electron chi connectivity index (χ4n) is 4.66. The summed E-state index contributed by atoms with van der Waals surface area (Å²) < 4.78 is 0. The van der Waals surface area contributed by atoms with Crippen LogP contribution in [0.2, 0.25) is 0 Å². The Morgan fingerprint density at radius 2 is 1.77 bits per heavy atom.